The van der Waals surface area contributed by atoms with E-state index in [2.05, 4.69) is 10.3 Å². The number of carbonyl (C=O) groups excluding carboxylic acids is 2. The van der Waals surface area contributed by atoms with Crippen molar-refractivity contribution in [1.29, 1.82) is 0 Å². The van der Waals surface area contributed by atoms with E-state index in [1.165, 1.54) is 4.90 Å². The lowest BCUT2D eigenvalue weighted by molar-refractivity contribution is -0.133. The second kappa shape index (κ2) is 8.25. The van der Waals surface area contributed by atoms with Gasteiger partial charge in [-0.1, -0.05) is 29.8 Å². The van der Waals surface area contributed by atoms with Crippen LogP contribution < -0.4 is 5.32 Å². The fraction of sp³-hybridized carbons (Fsp3) is 0.318. The molecule has 6 nitrogen and oxygen atoms in total. The van der Waals surface area contributed by atoms with Crippen molar-refractivity contribution in [2.75, 3.05) is 18.9 Å². The molecule has 2 amide bonds. The van der Waals surface area contributed by atoms with E-state index in [1.807, 2.05) is 61.7 Å². The topological polar surface area (TPSA) is 67.2 Å². The first-order valence-corrected chi connectivity index (χ1v) is 9.36. The molecule has 0 atom stereocenters. The van der Waals surface area contributed by atoms with Crippen LogP contribution in [0.25, 0.3) is 11.0 Å². The van der Waals surface area contributed by atoms with E-state index in [1.54, 1.807) is 13.4 Å². The fourth-order valence-electron chi connectivity index (χ4n) is 3.46. The zero-order valence-electron chi connectivity index (χ0n) is 16.8. The lowest BCUT2D eigenvalue weighted by Crippen LogP contribution is -2.35. The van der Waals surface area contributed by atoms with Gasteiger partial charge in [-0.15, -0.1) is 0 Å². The standard InChI is InChI=1S/C22H26N4O2/c1-15-11-16(2)22(17(3)12-15)24-20(27)13-25(4)21(28)9-10-26-14-23-18-7-5-6-8-19(18)26/h5-8,11-12,14H,9-10,13H2,1-4H3,(H,24,27). The summed E-state index contributed by atoms with van der Waals surface area (Å²) in [6.07, 6.45) is 2.06. The highest BCUT2D eigenvalue weighted by molar-refractivity contribution is 5.95. The third kappa shape index (κ3) is 4.39. The smallest absolute Gasteiger partial charge is 0.243 e. The molecule has 1 heterocycles. The molecule has 3 aromatic rings. The number of nitrogens with zero attached hydrogens (tertiary/aromatic N) is 3. The van der Waals surface area contributed by atoms with Crippen LogP contribution in [0.15, 0.2) is 42.7 Å². The van der Waals surface area contributed by atoms with E-state index in [9.17, 15) is 9.59 Å². The first kappa shape index (κ1) is 19.6. The van der Waals surface area contributed by atoms with Crippen LogP contribution in [0.1, 0.15) is 23.1 Å². The molecule has 0 unspecified atom stereocenters. The third-order valence-electron chi connectivity index (χ3n) is 4.84. The lowest BCUT2D eigenvalue weighted by atomic mass is 10.1. The zero-order valence-corrected chi connectivity index (χ0v) is 16.8. The highest BCUT2D eigenvalue weighted by Crippen LogP contribution is 2.21. The summed E-state index contributed by atoms with van der Waals surface area (Å²) in [5.41, 5.74) is 5.93. The molecule has 0 fully saturated rings. The molecule has 0 bridgehead atoms. The summed E-state index contributed by atoms with van der Waals surface area (Å²) >= 11 is 0. The molecule has 0 aliphatic carbocycles. The monoisotopic (exact) mass is 378 g/mol. The second-order valence-corrected chi connectivity index (χ2v) is 7.25. The Labute approximate surface area is 165 Å². The summed E-state index contributed by atoms with van der Waals surface area (Å²) in [6.45, 7) is 6.53. The predicted molar refractivity (Wildman–Crippen MR) is 111 cm³/mol. The maximum atomic E-state index is 12.5. The van der Waals surface area contributed by atoms with Crippen LogP contribution in [0.3, 0.4) is 0 Å². The number of aromatic nitrogens is 2. The van der Waals surface area contributed by atoms with E-state index in [4.69, 9.17) is 0 Å². The minimum atomic E-state index is -0.195. The van der Waals surface area contributed by atoms with Crippen molar-refractivity contribution in [3.8, 4) is 0 Å². The molecule has 1 aromatic heterocycles. The van der Waals surface area contributed by atoms with Crippen LogP contribution in [-0.4, -0.2) is 39.9 Å². The average Bonchev–Trinajstić information content (AvgIpc) is 3.05. The molecule has 3 rings (SSSR count). The van der Waals surface area contributed by atoms with Gasteiger partial charge < -0.3 is 14.8 Å². The van der Waals surface area contributed by atoms with Crippen LogP contribution in [0.2, 0.25) is 0 Å². The van der Waals surface area contributed by atoms with E-state index in [0.29, 0.717) is 13.0 Å². The number of amides is 2. The summed E-state index contributed by atoms with van der Waals surface area (Å²) in [6, 6.07) is 11.9. The van der Waals surface area contributed by atoms with Gasteiger partial charge in [0, 0.05) is 25.7 Å². The number of rotatable bonds is 6. The molecule has 28 heavy (non-hydrogen) atoms. The minimum Gasteiger partial charge on any atom is -0.336 e. The molecule has 0 saturated heterocycles. The average molecular weight is 378 g/mol. The van der Waals surface area contributed by atoms with Gasteiger partial charge >= 0.3 is 0 Å². The van der Waals surface area contributed by atoms with Crippen LogP contribution >= 0.6 is 0 Å². The molecule has 2 aromatic carbocycles. The van der Waals surface area contributed by atoms with Gasteiger partial charge in [-0.2, -0.15) is 0 Å². The van der Waals surface area contributed by atoms with Gasteiger partial charge in [0.2, 0.25) is 11.8 Å². The number of benzene rings is 2. The van der Waals surface area contributed by atoms with Gasteiger partial charge in [0.25, 0.3) is 0 Å². The van der Waals surface area contributed by atoms with Crippen molar-refractivity contribution in [2.45, 2.75) is 33.7 Å². The van der Waals surface area contributed by atoms with Gasteiger partial charge in [-0.3, -0.25) is 9.59 Å². The maximum Gasteiger partial charge on any atom is 0.243 e. The first-order valence-electron chi connectivity index (χ1n) is 9.36. The number of aryl methyl sites for hydroxylation is 4. The Balaban J connectivity index is 1.56. The van der Waals surface area contributed by atoms with E-state index in [0.717, 1.165) is 33.4 Å². The highest BCUT2D eigenvalue weighted by atomic mass is 16.2. The van der Waals surface area contributed by atoms with E-state index >= 15 is 0 Å². The number of anilines is 1. The number of hydrogen-bond acceptors (Lipinski definition) is 3. The SMILES string of the molecule is Cc1cc(C)c(NC(=O)CN(C)C(=O)CCn2cnc3ccccc32)c(C)c1. The van der Waals surface area contributed by atoms with Crippen molar-refractivity contribution >= 4 is 28.5 Å². The second-order valence-electron chi connectivity index (χ2n) is 7.25. The molecule has 0 spiro atoms. The summed E-state index contributed by atoms with van der Waals surface area (Å²) in [5.74, 6) is -0.274. The van der Waals surface area contributed by atoms with Crippen LogP contribution in [0.4, 0.5) is 5.69 Å². The van der Waals surface area contributed by atoms with Crippen molar-refractivity contribution in [3.05, 3.63) is 59.4 Å². The Morgan fingerprint density at radius 3 is 2.50 bits per heavy atom. The van der Waals surface area contributed by atoms with Gasteiger partial charge in [0.1, 0.15) is 0 Å². The summed E-state index contributed by atoms with van der Waals surface area (Å²) < 4.78 is 1.96. The molecule has 1 N–H and O–H groups in total. The number of likely N-dealkylation sites (N-methyl/N-ethyl adjacent to an activating group) is 1. The first-order chi connectivity index (χ1) is 13.3. The highest BCUT2D eigenvalue weighted by Gasteiger charge is 2.15. The molecule has 146 valence electrons. The number of imidazole rings is 1. The van der Waals surface area contributed by atoms with E-state index < -0.39 is 0 Å². The molecule has 0 radical (unpaired) electrons. The van der Waals surface area contributed by atoms with Crippen LogP contribution in [-0.2, 0) is 16.1 Å². The number of nitrogens with one attached hydrogen (secondary N) is 1. The largest absolute Gasteiger partial charge is 0.336 e. The molecule has 0 aliphatic rings. The quantitative estimate of drug-likeness (QED) is 0.714. The maximum absolute atomic E-state index is 12.5. The summed E-state index contributed by atoms with van der Waals surface area (Å²) in [5, 5.41) is 2.94. The van der Waals surface area contributed by atoms with Gasteiger partial charge in [0.15, 0.2) is 0 Å². The van der Waals surface area contributed by atoms with Crippen molar-refractivity contribution in [2.24, 2.45) is 0 Å². The van der Waals surface area contributed by atoms with E-state index in [-0.39, 0.29) is 18.4 Å². The molecular weight excluding hydrogens is 352 g/mol. The summed E-state index contributed by atoms with van der Waals surface area (Å²) in [7, 11) is 1.66. The molecule has 0 saturated carbocycles. The number of fused-ring (bicyclic) bond motifs is 1. The Morgan fingerprint density at radius 2 is 1.79 bits per heavy atom. The Bertz CT molecular complexity index is 999. The fourth-order valence-corrected chi connectivity index (χ4v) is 3.46. The number of hydrogen-bond donors (Lipinski definition) is 1. The lowest BCUT2D eigenvalue weighted by Gasteiger charge is -2.18. The van der Waals surface area contributed by atoms with Gasteiger partial charge in [-0.05, 0) is 44.0 Å². The molecular formula is C22H26N4O2. The predicted octanol–water partition coefficient (Wildman–Crippen LogP) is 3.45. The van der Waals surface area contributed by atoms with Crippen molar-refractivity contribution in [1.82, 2.24) is 14.5 Å². The molecule has 0 aliphatic heterocycles. The van der Waals surface area contributed by atoms with Crippen LogP contribution in [0.5, 0.6) is 0 Å². The van der Waals surface area contributed by atoms with Crippen LogP contribution in [0, 0.1) is 20.8 Å². The Kier molecular flexibility index (Phi) is 5.78. The van der Waals surface area contributed by atoms with Gasteiger partial charge in [0.05, 0.1) is 23.9 Å². The molecule has 6 heteroatoms. The number of carbonyl (C=O) groups is 2. The van der Waals surface area contributed by atoms with Crippen molar-refractivity contribution in [3.63, 3.8) is 0 Å². The Hall–Kier alpha value is -3.15. The zero-order chi connectivity index (χ0) is 20.3. The normalized spacial score (nSPS) is 10.9. The summed E-state index contributed by atoms with van der Waals surface area (Å²) in [4.78, 5) is 30.7. The Morgan fingerprint density at radius 1 is 1.11 bits per heavy atom. The van der Waals surface area contributed by atoms with Crippen molar-refractivity contribution < 1.29 is 9.59 Å². The number of para-hydroxylation sites is 2. The third-order valence-corrected chi connectivity index (χ3v) is 4.84. The van der Waals surface area contributed by atoms with Gasteiger partial charge in [-0.25, -0.2) is 4.98 Å². The minimum absolute atomic E-state index is 0.0241.